The number of nitro groups is 1. The van der Waals surface area contributed by atoms with E-state index in [0.717, 1.165) is 10.8 Å². The predicted octanol–water partition coefficient (Wildman–Crippen LogP) is 5.84. The first-order chi connectivity index (χ1) is 17.4. The molecule has 36 heavy (non-hydrogen) atoms. The third kappa shape index (κ3) is 4.74. The molecule has 1 aliphatic heterocycles. The predicted molar refractivity (Wildman–Crippen MR) is 137 cm³/mol. The highest BCUT2D eigenvalue weighted by atomic mass is 16.6. The fraction of sp³-hybridized carbons (Fsp3) is 0.143. The maximum atomic E-state index is 12.8. The molecule has 1 saturated heterocycles. The highest BCUT2D eigenvalue weighted by molar-refractivity contribution is 6.03. The summed E-state index contributed by atoms with van der Waals surface area (Å²) in [6.45, 7) is 1.80. The second kappa shape index (κ2) is 9.50. The van der Waals surface area contributed by atoms with Gasteiger partial charge in [0.25, 0.3) is 5.69 Å². The monoisotopic (exact) mass is 481 g/mol. The molecule has 0 aliphatic carbocycles. The van der Waals surface area contributed by atoms with Crippen molar-refractivity contribution in [2.45, 2.75) is 13.3 Å². The second-order valence-corrected chi connectivity index (χ2v) is 8.76. The Bertz CT molecular complexity index is 1480. The third-order valence-electron chi connectivity index (χ3n) is 6.28. The Kier molecular flexibility index (Phi) is 6.08. The van der Waals surface area contributed by atoms with Gasteiger partial charge in [0.2, 0.25) is 11.8 Å². The van der Waals surface area contributed by atoms with Crippen LogP contribution in [0, 0.1) is 23.0 Å². The Morgan fingerprint density at radius 3 is 2.44 bits per heavy atom. The summed E-state index contributed by atoms with van der Waals surface area (Å²) < 4.78 is 5.95. The lowest BCUT2D eigenvalue weighted by atomic mass is 10.1. The molecule has 0 aromatic heterocycles. The van der Waals surface area contributed by atoms with Crippen molar-refractivity contribution in [3.63, 3.8) is 0 Å². The fourth-order valence-corrected chi connectivity index (χ4v) is 4.31. The van der Waals surface area contributed by atoms with Crippen LogP contribution in [0.1, 0.15) is 12.0 Å². The highest BCUT2D eigenvalue weighted by Crippen LogP contribution is 2.31. The molecule has 1 heterocycles. The maximum Gasteiger partial charge on any atom is 0.274 e. The zero-order chi connectivity index (χ0) is 25.2. The Morgan fingerprint density at radius 2 is 1.69 bits per heavy atom. The number of nitrogens with zero attached hydrogens (tertiary/aromatic N) is 2. The van der Waals surface area contributed by atoms with E-state index in [-0.39, 0.29) is 30.5 Å². The van der Waals surface area contributed by atoms with Gasteiger partial charge in [-0.25, -0.2) is 0 Å². The van der Waals surface area contributed by atoms with E-state index in [1.54, 1.807) is 43.3 Å². The summed E-state index contributed by atoms with van der Waals surface area (Å²) in [6, 6.07) is 25.6. The van der Waals surface area contributed by atoms with E-state index in [9.17, 15) is 19.7 Å². The summed E-state index contributed by atoms with van der Waals surface area (Å²) in [7, 11) is 0. The van der Waals surface area contributed by atoms with Crippen LogP contribution >= 0.6 is 0 Å². The van der Waals surface area contributed by atoms with E-state index in [1.807, 2.05) is 42.5 Å². The van der Waals surface area contributed by atoms with E-state index in [0.29, 0.717) is 28.4 Å². The third-order valence-corrected chi connectivity index (χ3v) is 6.28. The lowest BCUT2D eigenvalue weighted by Gasteiger charge is -2.17. The summed E-state index contributed by atoms with van der Waals surface area (Å²) in [6.07, 6.45) is 0.0384. The molecule has 0 spiro atoms. The molecule has 8 nitrogen and oxygen atoms in total. The van der Waals surface area contributed by atoms with Gasteiger partial charge in [0, 0.05) is 30.3 Å². The number of anilines is 2. The van der Waals surface area contributed by atoms with Crippen LogP contribution in [0.5, 0.6) is 11.5 Å². The minimum Gasteiger partial charge on any atom is -0.457 e. The van der Waals surface area contributed by atoms with Gasteiger partial charge in [-0.3, -0.25) is 19.7 Å². The number of hydrogen-bond donors (Lipinski definition) is 1. The largest absolute Gasteiger partial charge is 0.457 e. The first-order valence-electron chi connectivity index (χ1n) is 11.5. The molecule has 5 rings (SSSR count). The number of rotatable bonds is 6. The summed E-state index contributed by atoms with van der Waals surface area (Å²) in [4.78, 5) is 37.6. The molecule has 4 aromatic rings. The van der Waals surface area contributed by atoms with Gasteiger partial charge >= 0.3 is 0 Å². The van der Waals surface area contributed by atoms with Crippen molar-refractivity contribution in [1.82, 2.24) is 0 Å². The Balaban J connectivity index is 1.22. The zero-order valence-electron chi connectivity index (χ0n) is 19.5. The van der Waals surface area contributed by atoms with Crippen molar-refractivity contribution in [3.8, 4) is 11.5 Å². The molecule has 8 heteroatoms. The van der Waals surface area contributed by atoms with E-state index >= 15 is 0 Å². The van der Waals surface area contributed by atoms with Gasteiger partial charge < -0.3 is 15.0 Å². The average molecular weight is 482 g/mol. The fourth-order valence-electron chi connectivity index (χ4n) is 4.31. The standard InChI is InChI=1S/C28H23N3O5/c1-18-6-10-23(16-26(18)31(34)35)30-17-21(15-27(30)32)28(33)29-22-8-12-24(13-9-22)36-25-11-7-19-4-2-3-5-20(19)14-25/h2-14,16,21H,15,17H2,1H3,(H,29,33)/t21-/m0/s1. The van der Waals surface area contributed by atoms with Gasteiger partial charge in [-0.05, 0) is 60.2 Å². The van der Waals surface area contributed by atoms with Crippen LogP contribution in [0.4, 0.5) is 17.1 Å². The summed E-state index contributed by atoms with van der Waals surface area (Å²) in [5.74, 6) is 0.257. The smallest absolute Gasteiger partial charge is 0.274 e. The lowest BCUT2D eigenvalue weighted by Crippen LogP contribution is -2.28. The lowest BCUT2D eigenvalue weighted by molar-refractivity contribution is -0.385. The Morgan fingerprint density at radius 1 is 0.972 bits per heavy atom. The first kappa shape index (κ1) is 23.0. The number of ether oxygens (including phenoxy) is 1. The number of amides is 2. The number of aryl methyl sites for hydroxylation is 1. The molecular formula is C28H23N3O5. The van der Waals surface area contributed by atoms with Gasteiger partial charge in [-0.1, -0.05) is 36.4 Å². The molecule has 1 N–H and O–H groups in total. The van der Waals surface area contributed by atoms with E-state index in [4.69, 9.17) is 4.74 Å². The summed E-state index contributed by atoms with van der Waals surface area (Å²) in [5.41, 5.74) is 1.46. The normalized spacial score (nSPS) is 15.2. The van der Waals surface area contributed by atoms with Crippen LogP contribution in [0.25, 0.3) is 10.8 Å². The molecule has 0 radical (unpaired) electrons. The van der Waals surface area contributed by atoms with Crippen molar-refractivity contribution >= 4 is 39.6 Å². The van der Waals surface area contributed by atoms with E-state index in [2.05, 4.69) is 5.32 Å². The van der Waals surface area contributed by atoms with Gasteiger partial charge in [0.1, 0.15) is 11.5 Å². The zero-order valence-corrected chi connectivity index (χ0v) is 19.5. The van der Waals surface area contributed by atoms with Crippen molar-refractivity contribution < 1.29 is 19.2 Å². The molecule has 0 bridgehead atoms. The van der Waals surface area contributed by atoms with Crippen LogP contribution in [0.15, 0.2) is 84.9 Å². The Labute approximate surface area is 207 Å². The van der Waals surface area contributed by atoms with Gasteiger partial charge in [0.15, 0.2) is 0 Å². The average Bonchev–Trinajstić information content (AvgIpc) is 3.27. The highest BCUT2D eigenvalue weighted by Gasteiger charge is 2.35. The van der Waals surface area contributed by atoms with Crippen LogP contribution in [-0.2, 0) is 9.59 Å². The molecule has 1 atom stereocenters. The number of carbonyl (C=O) groups is 2. The number of carbonyl (C=O) groups excluding carboxylic acids is 2. The van der Waals surface area contributed by atoms with Crippen LogP contribution in [-0.4, -0.2) is 23.3 Å². The van der Waals surface area contributed by atoms with Crippen LogP contribution < -0.4 is 15.0 Å². The molecule has 1 fully saturated rings. The summed E-state index contributed by atoms with van der Waals surface area (Å²) in [5, 5.41) is 16.3. The number of nitro benzene ring substituents is 1. The molecule has 1 aliphatic rings. The first-order valence-corrected chi connectivity index (χ1v) is 11.5. The van der Waals surface area contributed by atoms with E-state index < -0.39 is 10.8 Å². The maximum absolute atomic E-state index is 12.8. The summed E-state index contributed by atoms with van der Waals surface area (Å²) >= 11 is 0. The van der Waals surface area contributed by atoms with Gasteiger partial charge in [-0.15, -0.1) is 0 Å². The minimum atomic E-state index is -0.564. The quantitative estimate of drug-likeness (QED) is 0.275. The Hall–Kier alpha value is -4.72. The molecule has 0 unspecified atom stereocenters. The van der Waals surface area contributed by atoms with Gasteiger partial charge in [-0.2, -0.15) is 0 Å². The number of hydrogen-bond acceptors (Lipinski definition) is 5. The van der Waals surface area contributed by atoms with Crippen LogP contribution in [0.3, 0.4) is 0 Å². The second-order valence-electron chi connectivity index (χ2n) is 8.76. The number of benzene rings is 4. The van der Waals surface area contributed by atoms with E-state index in [1.165, 1.54) is 11.0 Å². The topological polar surface area (TPSA) is 102 Å². The number of fused-ring (bicyclic) bond motifs is 1. The SMILES string of the molecule is Cc1ccc(N2C[C@@H](C(=O)Nc3ccc(Oc4ccc5ccccc5c4)cc3)CC2=O)cc1[N+](=O)[O-]. The molecule has 2 amide bonds. The minimum absolute atomic E-state index is 0.0384. The van der Waals surface area contributed by atoms with Crippen molar-refractivity contribution in [3.05, 3.63) is 101 Å². The molecular weight excluding hydrogens is 458 g/mol. The van der Waals surface area contributed by atoms with Gasteiger partial charge in [0.05, 0.1) is 16.5 Å². The molecule has 180 valence electrons. The van der Waals surface area contributed by atoms with Crippen molar-refractivity contribution in [2.24, 2.45) is 5.92 Å². The van der Waals surface area contributed by atoms with Crippen LogP contribution in [0.2, 0.25) is 0 Å². The number of nitrogens with one attached hydrogen (secondary N) is 1. The molecule has 4 aromatic carbocycles. The molecule has 0 saturated carbocycles. The van der Waals surface area contributed by atoms with Crippen molar-refractivity contribution in [2.75, 3.05) is 16.8 Å². The van der Waals surface area contributed by atoms with Crippen molar-refractivity contribution in [1.29, 1.82) is 0 Å².